The molecule has 5 atom stereocenters. The highest BCUT2D eigenvalue weighted by Crippen LogP contribution is 2.13. The monoisotopic (exact) mass is 508 g/mol. The quantitative estimate of drug-likeness (QED) is 0.186. The molecule has 0 bridgehead atoms. The molecule has 0 heterocycles. The Hall–Kier alpha value is -3.18. The third-order valence-corrected chi connectivity index (χ3v) is 5.49. The van der Waals surface area contributed by atoms with Gasteiger partial charge < -0.3 is 37.0 Å². The van der Waals surface area contributed by atoms with Crippen molar-refractivity contribution in [2.24, 2.45) is 17.6 Å². The number of rotatable bonds is 14. The predicted octanol–water partition coefficient (Wildman–Crippen LogP) is 0.274. The number of nitrogens with one attached hydrogen (secondary N) is 3. The Morgan fingerprint density at radius 1 is 0.778 bits per heavy atom. The van der Waals surface area contributed by atoms with E-state index in [9.17, 15) is 34.5 Å². The number of phenolic OH excluding ortho intramolecular Hbond substituents is 1. The van der Waals surface area contributed by atoms with Crippen LogP contribution in [0.4, 0.5) is 0 Å². The second-order valence-electron chi connectivity index (χ2n) is 9.92. The highest BCUT2D eigenvalue weighted by molar-refractivity contribution is 5.94. The molecule has 1 rings (SSSR count). The lowest BCUT2D eigenvalue weighted by Crippen LogP contribution is -2.58. The maximum Gasteiger partial charge on any atom is 0.326 e. The molecule has 0 saturated heterocycles. The number of benzene rings is 1. The minimum atomic E-state index is -1.28. The van der Waals surface area contributed by atoms with Crippen LogP contribution in [-0.4, -0.2) is 69.3 Å². The van der Waals surface area contributed by atoms with Crippen LogP contribution in [0.3, 0.4) is 0 Å². The van der Waals surface area contributed by atoms with E-state index in [-0.39, 0.29) is 36.8 Å². The first-order valence-corrected chi connectivity index (χ1v) is 12.1. The summed E-state index contributed by atoms with van der Waals surface area (Å²) < 4.78 is 0. The summed E-state index contributed by atoms with van der Waals surface area (Å²) in [7, 11) is 0. The highest BCUT2D eigenvalue weighted by atomic mass is 16.4. The highest BCUT2D eigenvalue weighted by Gasteiger charge is 2.31. The number of aliphatic hydroxyl groups excluding tert-OH is 1. The van der Waals surface area contributed by atoms with Gasteiger partial charge in [0.25, 0.3) is 0 Å². The topological polar surface area (TPSA) is 191 Å². The SMILES string of the molecule is CC(C)CC(NC(=O)C(CC(C)C)NC(=O)C(Cc1ccc(O)cc1)NC(=O)C(N)C(C)O)C(=O)O. The van der Waals surface area contributed by atoms with Crippen molar-refractivity contribution >= 4 is 23.7 Å². The summed E-state index contributed by atoms with van der Waals surface area (Å²) in [6.07, 6.45) is -0.680. The van der Waals surface area contributed by atoms with Gasteiger partial charge in [0.1, 0.15) is 29.9 Å². The number of carbonyl (C=O) groups excluding carboxylic acids is 3. The number of carboxylic acids is 1. The maximum atomic E-state index is 13.3. The van der Waals surface area contributed by atoms with Crippen LogP contribution in [0.1, 0.15) is 53.0 Å². The fourth-order valence-corrected chi connectivity index (χ4v) is 3.50. The van der Waals surface area contributed by atoms with Crippen molar-refractivity contribution in [2.45, 2.75) is 84.2 Å². The molecule has 5 unspecified atom stereocenters. The third kappa shape index (κ3) is 10.6. The Morgan fingerprint density at radius 3 is 1.69 bits per heavy atom. The molecule has 0 spiro atoms. The number of aliphatic hydroxyl groups is 1. The zero-order valence-corrected chi connectivity index (χ0v) is 21.5. The van der Waals surface area contributed by atoms with Crippen LogP contribution in [0.2, 0.25) is 0 Å². The molecule has 0 fully saturated rings. The van der Waals surface area contributed by atoms with Gasteiger partial charge in [-0.2, -0.15) is 0 Å². The van der Waals surface area contributed by atoms with E-state index in [4.69, 9.17) is 5.73 Å². The zero-order chi connectivity index (χ0) is 27.6. The van der Waals surface area contributed by atoms with E-state index < -0.39 is 54.0 Å². The van der Waals surface area contributed by atoms with Gasteiger partial charge >= 0.3 is 5.97 Å². The normalized spacial score (nSPS) is 15.5. The van der Waals surface area contributed by atoms with Gasteiger partial charge in [0.2, 0.25) is 17.7 Å². The van der Waals surface area contributed by atoms with Crippen molar-refractivity contribution < 1.29 is 34.5 Å². The van der Waals surface area contributed by atoms with Crippen LogP contribution in [0.5, 0.6) is 5.75 Å². The average Bonchev–Trinajstić information content (AvgIpc) is 2.77. The molecule has 0 aromatic heterocycles. The standard InChI is InChI=1S/C25H40N4O7/c1-13(2)10-18(22(32)29-20(25(35)36)11-14(3)4)27-23(33)19(28-24(34)21(26)15(5)30)12-16-6-8-17(31)9-7-16/h6-9,13-15,18-21,30-31H,10-12,26H2,1-5H3,(H,27,33)(H,28,34)(H,29,32)(H,35,36). The number of nitrogens with two attached hydrogens (primary N) is 1. The van der Waals surface area contributed by atoms with E-state index in [1.807, 2.05) is 27.7 Å². The molecular weight excluding hydrogens is 468 g/mol. The second kappa shape index (κ2) is 14.4. The minimum Gasteiger partial charge on any atom is -0.508 e. The van der Waals surface area contributed by atoms with Crippen LogP contribution < -0.4 is 21.7 Å². The van der Waals surface area contributed by atoms with E-state index in [0.717, 1.165) is 0 Å². The zero-order valence-electron chi connectivity index (χ0n) is 21.5. The Kier molecular flexibility index (Phi) is 12.3. The summed E-state index contributed by atoms with van der Waals surface area (Å²) in [5, 5.41) is 36.3. The maximum absolute atomic E-state index is 13.3. The van der Waals surface area contributed by atoms with Gasteiger partial charge in [0, 0.05) is 6.42 Å². The first-order chi connectivity index (χ1) is 16.7. The minimum absolute atomic E-state index is 0.0109. The van der Waals surface area contributed by atoms with E-state index >= 15 is 0 Å². The molecule has 0 aliphatic heterocycles. The Bertz CT molecular complexity index is 887. The molecule has 8 N–H and O–H groups in total. The van der Waals surface area contributed by atoms with Crippen molar-refractivity contribution in [3.05, 3.63) is 29.8 Å². The van der Waals surface area contributed by atoms with Crippen molar-refractivity contribution in [2.75, 3.05) is 0 Å². The Morgan fingerprint density at radius 2 is 1.22 bits per heavy atom. The molecule has 36 heavy (non-hydrogen) atoms. The second-order valence-corrected chi connectivity index (χ2v) is 9.92. The fraction of sp³-hybridized carbons (Fsp3) is 0.600. The molecular formula is C25H40N4O7. The van der Waals surface area contributed by atoms with E-state index in [1.54, 1.807) is 12.1 Å². The number of hydrogen-bond acceptors (Lipinski definition) is 7. The van der Waals surface area contributed by atoms with Crippen molar-refractivity contribution in [3.63, 3.8) is 0 Å². The molecule has 1 aromatic carbocycles. The first-order valence-electron chi connectivity index (χ1n) is 12.1. The molecule has 0 aliphatic carbocycles. The molecule has 0 radical (unpaired) electrons. The van der Waals surface area contributed by atoms with Crippen LogP contribution in [0.15, 0.2) is 24.3 Å². The molecule has 202 valence electrons. The summed E-state index contributed by atoms with van der Waals surface area (Å²) in [6, 6.07) is 1.45. The molecule has 11 nitrogen and oxygen atoms in total. The van der Waals surface area contributed by atoms with Crippen molar-refractivity contribution in [1.82, 2.24) is 16.0 Å². The largest absolute Gasteiger partial charge is 0.508 e. The summed E-state index contributed by atoms with van der Waals surface area (Å²) in [5.74, 6) is -3.20. The van der Waals surface area contributed by atoms with Crippen LogP contribution in [0, 0.1) is 11.8 Å². The summed E-state index contributed by atoms with van der Waals surface area (Å²) in [6.45, 7) is 8.73. The third-order valence-electron chi connectivity index (χ3n) is 5.49. The first kappa shape index (κ1) is 30.9. The molecule has 1 aromatic rings. The predicted molar refractivity (Wildman–Crippen MR) is 134 cm³/mol. The summed E-state index contributed by atoms with van der Waals surface area (Å²) in [4.78, 5) is 50.4. The van der Waals surface area contributed by atoms with Crippen molar-refractivity contribution in [1.29, 1.82) is 0 Å². The Balaban J connectivity index is 3.14. The number of aliphatic carboxylic acids is 1. The average molecular weight is 509 g/mol. The lowest BCUT2D eigenvalue weighted by Gasteiger charge is -2.27. The molecule has 11 heteroatoms. The van der Waals surface area contributed by atoms with Crippen molar-refractivity contribution in [3.8, 4) is 5.75 Å². The van der Waals surface area contributed by atoms with Gasteiger partial charge in [-0.15, -0.1) is 0 Å². The number of aromatic hydroxyl groups is 1. The lowest BCUT2D eigenvalue weighted by atomic mass is 9.99. The summed E-state index contributed by atoms with van der Waals surface area (Å²) in [5.41, 5.74) is 6.33. The van der Waals surface area contributed by atoms with Gasteiger partial charge in [-0.1, -0.05) is 39.8 Å². The van der Waals surface area contributed by atoms with E-state index in [0.29, 0.717) is 5.56 Å². The summed E-state index contributed by atoms with van der Waals surface area (Å²) >= 11 is 0. The van der Waals surface area contributed by atoms with E-state index in [2.05, 4.69) is 16.0 Å². The number of carbonyl (C=O) groups is 4. The number of hydrogen-bond donors (Lipinski definition) is 7. The van der Waals surface area contributed by atoms with Crippen LogP contribution >= 0.6 is 0 Å². The number of carboxylic acid groups (broad SMARTS) is 1. The molecule has 0 saturated carbocycles. The van der Waals surface area contributed by atoms with Crippen LogP contribution in [0.25, 0.3) is 0 Å². The fourth-order valence-electron chi connectivity index (χ4n) is 3.50. The van der Waals surface area contributed by atoms with E-state index in [1.165, 1.54) is 19.1 Å². The van der Waals surface area contributed by atoms with Gasteiger partial charge in [-0.05, 0) is 49.3 Å². The van der Waals surface area contributed by atoms with Gasteiger partial charge in [-0.25, -0.2) is 4.79 Å². The van der Waals surface area contributed by atoms with Gasteiger partial charge in [0.05, 0.1) is 6.10 Å². The van der Waals surface area contributed by atoms with Gasteiger partial charge in [0.15, 0.2) is 0 Å². The molecule has 3 amide bonds. The lowest BCUT2D eigenvalue weighted by molar-refractivity contribution is -0.143. The number of amides is 3. The molecule has 0 aliphatic rings. The number of phenols is 1. The van der Waals surface area contributed by atoms with Crippen LogP contribution in [-0.2, 0) is 25.6 Å². The Labute approximate surface area is 211 Å². The smallest absolute Gasteiger partial charge is 0.326 e. The van der Waals surface area contributed by atoms with Gasteiger partial charge in [-0.3, -0.25) is 14.4 Å².